The van der Waals surface area contributed by atoms with Gasteiger partial charge in [-0.1, -0.05) is 35.4 Å². The largest absolute Gasteiger partial charge is 0.449 e. The molecule has 1 aromatic rings. The number of allylic oxidation sites excluding steroid dienone is 1. The van der Waals surface area contributed by atoms with E-state index in [1.807, 2.05) is 0 Å². The summed E-state index contributed by atoms with van der Waals surface area (Å²) in [5.41, 5.74) is 2.24. The molecule has 5 heteroatoms. The Morgan fingerprint density at radius 2 is 2.04 bits per heavy atom. The van der Waals surface area contributed by atoms with Crippen molar-refractivity contribution >= 4 is 29.6 Å². The van der Waals surface area contributed by atoms with Crippen LogP contribution in [-0.2, 0) is 14.3 Å². The van der Waals surface area contributed by atoms with Crippen molar-refractivity contribution < 1.29 is 14.3 Å². The van der Waals surface area contributed by atoms with Crippen LogP contribution in [-0.4, -0.2) is 24.5 Å². The van der Waals surface area contributed by atoms with Crippen LogP contribution in [0.4, 0.5) is 0 Å². The fraction of sp³-hybridized carbons (Fsp3) is 0.400. The fourth-order valence-corrected chi connectivity index (χ4v) is 2.75. The Morgan fingerprint density at radius 3 is 2.72 bits per heavy atom. The molecule has 0 saturated heterocycles. The van der Waals surface area contributed by atoms with Crippen LogP contribution >= 0.6 is 11.6 Å². The second kappa shape index (κ2) is 10.0. The minimum atomic E-state index is -0.817. The second-order valence-corrected chi connectivity index (χ2v) is 6.55. The maximum atomic E-state index is 12.0. The third kappa shape index (κ3) is 7.14. The van der Waals surface area contributed by atoms with Crippen LogP contribution in [0, 0.1) is 0 Å². The van der Waals surface area contributed by atoms with Gasteiger partial charge < -0.3 is 10.1 Å². The number of halogens is 1. The molecule has 4 nitrogen and oxygen atoms in total. The zero-order valence-corrected chi connectivity index (χ0v) is 15.2. The Hall–Kier alpha value is -2.07. The van der Waals surface area contributed by atoms with Gasteiger partial charge in [-0.2, -0.15) is 0 Å². The molecule has 0 aliphatic heterocycles. The number of carbonyl (C=O) groups is 2. The van der Waals surface area contributed by atoms with Crippen LogP contribution < -0.4 is 5.32 Å². The van der Waals surface area contributed by atoms with Crippen molar-refractivity contribution in [3.63, 3.8) is 0 Å². The van der Waals surface area contributed by atoms with Gasteiger partial charge >= 0.3 is 5.97 Å². The molecule has 0 saturated carbocycles. The van der Waals surface area contributed by atoms with Crippen LogP contribution in [0.25, 0.3) is 6.08 Å². The Kier molecular flexibility index (Phi) is 7.74. The number of nitrogens with one attached hydrogen (secondary N) is 1. The minimum Gasteiger partial charge on any atom is -0.449 e. The van der Waals surface area contributed by atoms with Crippen molar-refractivity contribution in [1.29, 1.82) is 0 Å². The lowest BCUT2D eigenvalue weighted by molar-refractivity contribution is -0.150. The van der Waals surface area contributed by atoms with Crippen LogP contribution in [0.15, 0.2) is 42.0 Å². The van der Waals surface area contributed by atoms with E-state index in [4.69, 9.17) is 16.3 Å². The average Bonchev–Trinajstić information content (AvgIpc) is 2.62. The van der Waals surface area contributed by atoms with Crippen LogP contribution in [0.2, 0.25) is 5.02 Å². The van der Waals surface area contributed by atoms with Gasteiger partial charge in [0.1, 0.15) is 0 Å². The Balaban J connectivity index is 1.71. The van der Waals surface area contributed by atoms with Gasteiger partial charge in [0, 0.05) is 17.6 Å². The summed E-state index contributed by atoms with van der Waals surface area (Å²) >= 11 is 5.81. The molecule has 25 heavy (non-hydrogen) atoms. The van der Waals surface area contributed by atoms with Crippen LogP contribution in [0.3, 0.4) is 0 Å². The van der Waals surface area contributed by atoms with E-state index in [9.17, 15) is 9.59 Å². The minimum absolute atomic E-state index is 0.273. The normalized spacial score (nSPS) is 15.5. The molecule has 1 atom stereocenters. The van der Waals surface area contributed by atoms with E-state index >= 15 is 0 Å². The molecule has 1 aromatic carbocycles. The predicted molar refractivity (Wildman–Crippen MR) is 100 cm³/mol. The van der Waals surface area contributed by atoms with Crippen molar-refractivity contribution in [1.82, 2.24) is 5.32 Å². The third-order valence-electron chi connectivity index (χ3n) is 4.07. The molecule has 134 valence electrons. The molecule has 0 spiro atoms. The van der Waals surface area contributed by atoms with Crippen LogP contribution in [0.1, 0.15) is 44.6 Å². The first kappa shape index (κ1) is 19.3. The summed E-state index contributed by atoms with van der Waals surface area (Å²) in [4.78, 5) is 23.8. The first-order valence-electron chi connectivity index (χ1n) is 8.64. The van der Waals surface area contributed by atoms with Gasteiger partial charge in [0.2, 0.25) is 0 Å². The van der Waals surface area contributed by atoms with E-state index < -0.39 is 12.1 Å². The van der Waals surface area contributed by atoms with Gasteiger partial charge in [-0.3, -0.25) is 4.79 Å². The summed E-state index contributed by atoms with van der Waals surface area (Å²) in [5.74, 6) is -0.822. The fourth-order valence-electron chi connectivity index (χ4n) is 2.63. The molecule has 0 fully saturated rings. The molecule has 1 N–H and O–H groups in total. The zero-order chi connectivity index (χ0) is 18.1. The number of rotatable bonds is 7. The maximum Gasteiger partial charge on any atom is 0.331 e. The van der Waals surface area contributed by atoms with Crippen molar-refractivity contribution in [3.05, 3.63) is 52.6 Å². The molecule has 1 amide bonds. The van der Waals surface area contributed by atoms with Crippen molar-refractivity contribution in [2.24, 2.45) is 0 Å². The number of ether oxygens (including phenoxy) is 1. The molecular formula is C20H24ClNO3. The molecule has 0 unspecified atom stereocenters. The number of amides is 1. The SMILES string of the molecule is C[C@H](OC(=O)/C=C/c1ccc(Cl)cc1)C(=O)NCCC1=CCCCC1. The highest BCUT2D eigenvalue weighted by Gasteiger charge is 2.16. The van der Waals surface area contributed by atoms with E-state index in [0.717, 1.165) is 24.8 Å². The number of carbonyl (C=O) groups excluding carboxylic acids is 2. The molecule has 0 heterocycles. The van der Waals surface area contributed by atoms with E-state index in [1.165, 1.54) is 24.5 Å². The highest BCUT2D eigenvalue weighted by atomic mass is 35.5. The number of esters is 1. The molecule has 0 radical (unpaired) electrons. The Bertz CT molecular complexity index is 649. The summed E-state index contributed by atoms with van der Waals surface area (Å²) < 4.78 is 5.12. The lowest BCUT2D eigenvalue weighted by atomic mass is 9.97. The number of benzene rings is 1. The molecule has 2 rings (SSSR count). The molecule has 1 aliphatic rings. The van der Waals surface area contributed by atoms with Gasteiger partial charge in [-0.25, -0.2) is 4.79 Å². The van der Waals surface area contributed by atoms with Gasteiger partial charge in [0.05, 0.1) is 0 Å². The van der Waals surface area contributed by atoms with E-state index in [0.29, 0.717) is 11.6 Å². The van der Waals surface area contributed by atoms with Crippen LogP contribution in [0.5, 0.6) is 0 Å². The van der Waals surface area contributed by atoms with Crippen molar-refractivity contribution in [2.75, 3.05) is 6.54 Å². The lowest BCUT2D eigenvalue weighted by Crippen LogP contribution is -2.36. The number of hydrogen-bond acceptors (Lipinski definition) is 3. The van der Waals surface area contributed by atoms with E-state index in [-0.39, 0.29) is 5.91 Å². The highest BCUT2D eigenvalue weighted by Crippen LogP contribution is 2.19. The molecular weight excluding hydrogens is 338 g/mol. The number of hydrogen-bond donors (Lipinski definition) is 1. The summed E-state index contributed by atoms with van der Waals surface area (Å²) in [6, 6.07) is 7.07. The maximum absolute atomic E-state index is 12.0. The standard InChI is InChI=1S/C20H24ClNO3/c1-15(20(24)22-14-13-16-5-3-2-4-6-16)25-19(23)12-9-17-7-10-18(21)11-8-17/h5,7-12,15H,2-4,6,13-14H2,1H3,(H,22,24)/b12-9+/t15-/m0/s1. The van der Waals surface area contributed by atoms with Gasteiger partial charge in [0.25, 0.3) is 5.91 Å². The first-order valence-corrected chi connectivity index (χ1v) is 9.02. The monoisotopic (exact) mass is 361 g/mol. The third-order valence-corrected chi connectivity index (χ3v) is 4.33. The second-order valence-electron chi connectivity index (χ2n) is 6.11. The quantitative estimate of drug-likeness (QED) is 0.447. The topological polar surface area (TPSA) is 55.4 Å². The lowest BCUT2D eigenvalue weighted by Gasteiger charge is -2.15. The Labute approximate surface area is 153 Å². The molecule has 0 aromatic heterocycles. The molecule has 1 aliphatic carbocycles. The summed E-state index contributed by atoms with van der Waals surface area (Å²) in [6.07, 6.45) is 9.98. The highest BCUT2D eigenvalue weighted by molar-refractivity contribution is 6.30. The smallest absolute Gasteiger partial charge is 0.331 e. The summed E-state index contributed by atoms with van der Waals surface area (Å²) in [6.45, 7) is 2.15. The zero-order valence-electron chi connectivity index (χ0n) is 14.5. The Morgan fingerprint density at radius 1 is 1.28 bits per heavy atom. The molecule has 0 bridgehead atoms. The van der Waals surface area contributed by atoms with E-state index in [2.05, 4.69) is 11.4 Å². The summed E-state index contributed by atoms with van der Waals surface area (Å²) in [5, 5.41) is 3.45. The predicted octanol–water partition coefficient (Wildman–Crippen LogP) is 4.29. The average molecular weight is 362 g/mol. The van der Waals surface area contributed by atoms with Crippen molar-refractivity contribution in [3.8, 4) is 0 Å². The van der Waals surface area contributed by atoms with E-state index in [1.54, 1.807) is 37.3 Å². The van der Waals surface area contributed by atoms with Gasteiger partial charge in [-0.05, 0) is 62.8 Å². The summed E-state index contributed by atoms with van der Waals surface area (Å²) in [7, 11) is 0. The van der Waals surface area contributed by atoms with Crippen molar-refractivity contribution in [2.45, 2.75) is 45.1 Å². The van der Waals surface area contributed by atoms with Gasteiger partial charge in [0.15, 0.2) is 6.10 Å². The van der Waals surface area contributed by atoms with Gasteiger partial charge in [-0.15, -0.1) is 0 Å². The first-order chi connectivity index (χ1) is 12.0.